The van der Waals surface area contributed by atoms with E-state index in [1.807, 2.05) is 6.07 Å². The highest BCUT2D eigenvalue weighted by Gasteiger charge is 2.14. The zero-order valence-electron chi connectivity index (χ0n) is 17.0. The van der Waals surface area contributed by atoms with Crippen molar-refractivity contribution in [1.29, 1.82) is 0 Å². The van der Waals surface area contributed by atoms with Gasteiger partial charge in [-0.15, -0.1) is 10.2 Å². The maximum absolute atomic E-state index is 5.95. The summed E-state index contributed by atoms with van der Waals surface area (Å²) in [6.45, 7) is 3.32. The smallest absolute Gasteiger partial charge is 0.147 e. The van der Waals surface area contributed by atoms with Crippen LogP contribution in [0.3, 0.4) is 0 Å². The molecule has 1 N–H and O–H groups in total. The van der Waals surface area contributed by atoms with Crippen molar-refractivity contribution >= 4 is 0 Å². The van der Waals surface area contributed by atoms with Crippen molar-refractivity contribution in [2.75, 3.05) is 6.61 Å². The van der Waals surface area contributed by atoms with E-state index in [2.05, 4.69) is 68.6 Å². The molecule has 5 heteroatoms. The molecule has 0 atom stereocenters. The van der Waals surface area contributed by atoms with Gasteiger partial charge in [-0.2, -0.15) is 0 Å². The van der Waals surface area contributed by atoms with Crippen molar-refractivity contribution in [2.24, 2.45) is 0 Å². The Hall–Kier alpha value is -2.66. The lowest BCUT2D eigenvalue weighted by atomic mass is 10.1. The number of aromatic nitrogens is 3. The highest BCUT2D eigenvalue weighted by molar-refractivity contribution is 5.28. The second-order valence-corrected chi connectivity index (χ2v) is 7.68. The third-order valence-corrected chi connectivity index (χ3v) is 5.42. The van der Waals surface area contributed by atoms with Gasteiger partial charge in [-0.3, -0.25) is 0 Å². The average molecular weight is 391 g/mol. The van der Waals surface area contributed by atoms with Gasteiger partial charge >= 0.3 is 0 Å². The molecular weight excluding hydrogens is 360 g/mol. The first-order valence-electron chi connectivity index (χ1n) is 10.8. The molecule has 29 heavy (non-hydrogen) atoms. The van der Waals surface area contributed by atoms with Crippen LogP contribution >= 0.6 is 0 Å². The molecule has 0 radical (unpaired) electrons. The van der Waals surface area contributed by atoms with Crippen LogP contribution in [-0.2, 0) is 32.5 Å². The molecule has 1 aliphatic heterocycles. The highest BCUT2D eigenvalue weighted by atomic mass is 16.5. The van der Waals surface area contributed by atoms with Crippen LogP contribution in [0.1, 0.15) is 48.5 Å². The molecule has 2 heterocycles. The first-order valence-corrected chi connectivity index (χ1v) is 10.8. The van der Waals surface area contributed by atoms with E-state index in [-0.39, 0.29) is 0 Å². The maximum Gasteiger partial charge on any atom is 0.147 e. The fraction of sp³-hybridized carbons (Fsp3) is 0.417. The number of ether oxygens (including phenoxy) is 1. The van der Waals surface area contributed by atoms with Crippen LogP contribution in [0.25, 0.3) is 0 Å². The minimum Gasteiger partial charge on any atom is -0.494 e. The van der Waals surface area contributed by atoms with Gasteiger partial charge in [0.2, 0.25) is 0 Å². The first kappa shape index (κ1) is 19.6. The van der Waals surface area contributed by atoms with Crippen LogP contribution in [0, 0.1) is 0 Å². The lowest BCUT2D eigenvalue weighted by Crippen LogP contribution is -2.17. The Kier molecular flexibility index (Phi) is 6.92. The molecule has 0 amide bonds. The average Bonchev–Trinajstić information content (AvgIpc) is 2.98. The number of hydrogen-bond acceptors (Lipinski definition) is 4. The van der Waals surface area contributed by atoms with Crippen molar-refractivity contribution in [3.05, 3.63) is 77.4 Å². The molecule has 2 aromatic carbocycles. The van der Waals surface area contributed by atoms with Crippen molar-refractivity contribution in [3.8, 4) is 5.75 Å². The van der Waals surface area contributed by atoms with Gasteiger partial charge in [0.1, 0.15) is 17.4 Å². The summed E-state index contributed by atoms with van der Waals surface area (Å²) in [6.07, 6.45) is 6.85. The van der Waals surface area contributed by atoms with E-state index in [1.165, 1.54) is 30.4 Å². The topological polar surface area (TPSA) is 52.0 Å². The standard InChI is InChI=1S/C24H30N4O/c1-3-9-20(10-4-1)12-8-16-29-22-13-7-11-21(17-22)18-25-19-24-27-26-23-14-5-2-6-15-28(23)24/h1,3-4,7,9-11,13,17,25H,2,5-6,8,12,14-16,18-19H2. The van der Waals surface area contributed by atoms with Crippen molar-refractivity contribution in [2.45, 2.75) is 58.2 Å². The van der Waals surface area contributed by atoms with E-state index >= 15 is 0 Å². The summed E-state index contributed by atoms with van der Waals surface area (Å²) >= 11 is 0. The fourth-order valence-electron chi connectivity index (χ4n) is 3.85. The fourth-order valence-corrected chi connectivity index (χ4v) is 3.85. The summed E-state index contributed by atoms with van der Waals surface area (Å²) in [4.78, 5) is 0. The number of nitrogens with zero attached hydrogens (tertiary/aromatic N) is 3. The Morgan fingerprint density at radius 3 is 2.72 bits per heavy atom. The number of benzene rings is 2. The van der Waals surface area contributed by atoms with E-state index in [4.69, 9.17) is 4.74 Å². The van der Waals surface area contributed by atoms with Crippen molar-refractivity contribution in [3.63, 3.8) is 0 Å². The van der Waals surface area contributed by atoms with Gasteiger partial charge in [-0.1, -0.05) is 48.9 Å². The summed E-state index contributed by atoms with van der Waals surface area (Å²) < 4.78 is 8.25. The monoisotopic (exact) mass is 390 g/mol. The normalized spacial score (nSPS) is 13.7. The number of rotatable bonds is 9. The number of aryl methyl sites for hydroxylation is 2. The van der Waals surface area contributed by atoms with Gasteiger partial charge < -0.3 is 14.6 Å². The van der Waals surface area contributed by atoms with Gasteiger partial charge in [0.25, 0.3) is 0 Å². The second kappa shape index (κ2) is 10.2. The van der Waals surface area contributed by atoms with Crippen LogP contribution < -0.4 is 10.1 Å². The Morgan fingerprint density at radius 1 is 0.897 bits per heavy atom. The molecule has 3 aromatic rings. The molecule has 152 valence electrons. The summed E-state index contributed by atoms with van der Waals surface area (Å²) in [6, 6.07) is 18.9. The van der Waals surface area contributed by atoms with Crippen molar-refractivity contribution in [1.82, 2.24) is 20.1 Å². The summed E-state index contributed by atoms with van der Waals surface area (Å²) in [5.41, 5.74) is 2.58. The van der Waals surface area contributed by atoms with Gasteiger partial charge in [0, 0.05) is 19.5 Å². The van der Waals surface area contributed by atoms with E-state index in [0.29, 0.717) is 0 Å². The molecular formula is C24H30N4O. The maximum atomic E-state index is 5.95. The lowest BCUT2D eigenvalue weighted by Gasteiger charge is -2.10. The van der Waals surface area contributed by atoms with Crippen LogP contribution in [0.2, 0.25) is 0 Å². The Labute approximate surface area is 173 Å². The third kappa shape index (κ3) is 5.67. The Balaban J connectivity index is 1.22. The van der Waals surface area contributed by atoms with Gasteiger partial charge in [-0.25, -0.2) is 0 Å². The summed E-state index contributed by atoms with van der Waals surface area (Å²) in [5, 5.41) is 12.3. The lowest BCUT2D eigenvalue weighted by molar-refractivity contribution is 0.310. The molecule has 1 aromatic heterocycles. The molecule has 0 aliphatic carbocycles. The summed E-state index contributed by atoms with van der Waals surface area (Å²) in [7, 11) is 0. The summed E-state index contributed by atoms with van der Waals surface area (Å²) in [5.74, 6) is 3.13. The van der Waals surface area contributed by atoms with Crippen LogP contribution in [0.15, 0.2) is 54.6 Å². The predicted molar refractivity (Wildman–Crippen MR) is 115 cm³/mol. The van der Waals surface area contributed by atoms with Gasteiger partial charge in [0.05, 0.1) is 13.2 Å². The van der Waals surface area contributed by atoms with Gasteiger partial charge in [-0.05, 0) is 48.9 Å². The predicted octanol–water partition coefficient (Wildman–Crippen LogP) is 4.31. The molecule has 4 rings (SSSR count). The zero-order valence-corrected chi connectivity index (χ0v) is 17.0. The van der Waals surface area contributed by atoms with Crippen LogP contribution in [-0.4, -0.2) is 21.4 Å². The Morgan fingerprint density at radius 2 is 1.79 bits per heavy atom. The number of hydrogen-bond donors (Lipinski definition) is 1. The second-order valence-electron chi connectivity index (χ2n) is 7.68. The van der Waals surface area contributed by atoms with Crippen LogP contribution in [0.5, 0.6) is 5.75 Å². The van der Waals surface area contributed by atoms with E-state index in [1.54, 1.807) is 0 Å². The molecule has 5 nitrogen and oxygen atoms in total. The van der Waals surface area contributed by atoms with E-state index < -0.39 is 0 Å². The molecule has 0 saturated carbocycles. The molecule has 0 bridgehead atoms. The largest absolute Gasteiger partial charge is 0.494 e. The highest BCUT2D eigenvalue weighted by Crippen LogP contribution is 2.16. The number of fused-ring (bicyclic) bond motifs is 1. The first-order chi connectivity index (χ1) is 14.4. The van der Waals surface area contributed by atoms with E-state index in [0.717, 1.165) is 62.9 Å². The van der Waals surface area contributed by atoms with Crippen LogP contribution in [0.4, 0.5) is 0 Å². The molecule has 1 aliphatic rings. The van der Waals surface area contributed by atoms with Gasteiger partial charge in [0.15, 0.2) is 0 Å². The quantitative estimate of drug-likeness (QED) is 0.553. The number of nitrogens with one attached hydrogen (secondary N) is 1. The molecule has 0 fully saturated rings. The molecule has 0 spiro atoms. The molecule has 0 saturated heterocycles. The third-order valence-electron chi connectivity index (χ3n) is 5.42. The molecule has 0 unspecified atom stereocenters. The van der Waals surface area contributed by atoms with E-state index in [9.17, 15) is 0 Å². The van der Waals surface area contributed by atoms with Crippen molar-refractivity contribution < 1.29 is 4.74 Å². The Bertz CT molecular complexity index is 891. The minimum atomic E-state index is 0.734. The minimum absolute atomic E-state index is 0.734. The SMILES string of the molecule is c1ccc(CCCOc2cccc(CNCc3nnc4n3CCCCC4)c2)cc1. The zero-order chi connectivity index (χ0) is 19.7.